The summed E-state index contributed by atoms with van der Waals surface area (Å²) in [6.07, 6.45) is 0.129. The first kappa shape index (κ1) is 14.8. The van der Waals surface area contributed by atoms with Crippen LogP contribution in [0.25, 0.3) is 22.5 Å². The maximum atomic E-state index is 13.8. The number of halogens is 2. The molecule has 0 aliphatic heterocycles. The second-order valence-corrected chi connectivity index (χ2v) is 5.71. The van der Waals surface area contributed by atoms with Crippen LogP contribution in [0.15, 0.2) is 45.3 Å². The maximum absolute atomic E-state index is 13.8. The van der Waals surface area contributed by atoms with Crippen LogP contribution in [0.3, 0.4) is 0 Å². The summed E-state index contributed by atoms with van der Waals surface area (Å²) in [6, 6.07) is 9.95. The second-order valence-electron chi connectivity index (χ2n) is 5.30. The molecule has 0 amide bonds. The van der Waals surface area contributed by atoms with Gasteiger partial charge in [-0.05, 0) is 30.3 Å². The van der Waals surface area contributed by atoms with Crippen molar-refractivity contribution >= 4 is 22.7 Å². The van der Waals surface area contributed by atoms with Crippen molar-refractivity contribution in [1.29, 1.82) is 0 Å². The van der Waals surface area contributed by atoms with Crippen molar-refractivity contribution in [3.63, 3.8) is 0 Å². The van der Waals surface area contributed by atoms with Crippen LogP contribution in [0.1, 0.15) is 17.3 Å². The zero-order chi connectivity index (χ0) is 16.7. The first-order valence-electron chi connectivity index (χ1n) is 7.23. The van der Waals surface area contributed by atoms with Gasteiger partial charge in [-0.1, -0.05) is 22.8 Å². The minimum absolute atomic E-state index is 0.129. The van der Waals surface area contributed by atoms with Crippen LogP contribution in [-0.4, -0.2) is 15.1 Å². The summed E-state index contributed by atoms with van der Waals surface area (Å²) in [5, 5.41) is 4.27. The summed E-state index contributed by atoms with van der Waals surface area (Å²) >= 11 is 6.02. The van der Waals surface area contributed by atoms with Crippen LogP contribution in [0, 0.1) is 12.7 Å². The molecular weight excluding hydrogens is 333 g/mol. The van der Waals surface area contributed by atoms with Gasteiger partial charge in [-0.2, -0.15) is 4.98 Å². The molecule has 0 atom stereocenters. The second kappa shape index (κ2) is 5.72. The third-order valence-electron chi connectivity index (χ3n) is 3.61. The van der Waals surface area contributed by atoms with Gasteiger partial charge < -0.3 is 8.94 Å². The Labute approximate surface area is 141 Å². The summed E-state index contributed by atoms with van der Waals surface area (Å²) in [4.78, 5) is 8.59. The number of fused-ring (bicyclic) bond motifs is 1. The smallest absolute Gasteiger partial charge is 0.231 e. The number of hydrogen-bond donors (Lipinski definition) is 0. The number of rotatable bonds is 3. The van der Waals surface area contributed by atoms with Crippen LogP contribution >= 0.6 is 11.6 Å². The van der Waals surface area contributed by atoms with E-state index in [9.17, 15) is 4.39 Å². The fourth-order valence-corrected chi connectivity index (χ4v) is 2.71. The van der Waals surface area contributed by atoms with Crippen molar-refractivity contribution in [3.8, 4) is 11.4 Å². The highest BCUT2D eigenvalue weighted by Crippen LogP contribution is 2.25. The quantitative estimate of drug-likeness (QED) is 0.545. The molecule has 0 unspecified atom stereocenters. The Morgan fingerprint density at radius 1 is 1.17 bits per heavy atom. The van der Waals surface area contributed by atoms with Crippen LogP contribution in [0.2, 0.25) is 5.02 Å². The van der Waals surface area contributed by atoms with Crippen LogP contribution in [-0.2, 0) is 6.42 Å². The molecule has 7 heteroatoms. The topological polar surface area (TPSA) is 65.0 Å². The van der Waals surface area contributed by atoms with Crippen LogP contribution in [0.4, 0.5) is 4.39 Å². The van der Waals surface area contributed by atoms with Gasteiger partial charge in [0.05, 0.1) is 6.42 Å². The molecule has 0 saturated carbocycles. The molecule has 0 bridgehead atoms. The largest absolute Gasteiger partial charge is 0.441 e. The van der Waals surface area contributed by atoms with Crippen molar-refractivity contribution in [3.05, 3.63) is 64.6 Å². The molecule has 0 fully saturated rings. The standard InChI is InChI=1S/C17H11ClFN3O2/c1-9-20-14-7-10(5-6-15(14)23-9)17-21-16(24-22-17)8-11-12(18)3-2-4-13(11)19/h2-7H,8H2,1H3. The van der Waals surface area contributed by atoms with Crippen molar-refractivity contribution in [2.45, 2.75) is 13.3 Å². The first-order valence-corrected chi connectivity index (χ1v) is 7.61. The molecule has 5 nitrogen and oxygen atoms in total. The summed E-state index contributed by atoms with van der Waals surface area (Å²) in [6.45, 7) is 1.78. The van der Waals surface area contributed by atoms with Gasteiger partial charge in [-0.3, -0.25) is 0 Å². The molecule has 4 rings (SSSR count). The molecule has 0 aliphatic carbocycles. The van der Waals surface area contributed by atoms with Gasteiger partial charge in [0.25, 0.3) is 0 Å². The SMILES string of the molecule is Cc1nc2cc(-c3noc(Cc4c(F)cccc4Cl)n3)ccc2o1. The number of benzene rings is 2. The van der Waals surface area contributed by atoms with E-state index in [1.807, 2.05) is 12.1 Å². The highest BCUT2D eigenvalue weighted by Gasteiger charge is 2.15. The fraction of sp³-hybridized carbons (Fsp3) is 0.118. The summed E-state index contributed by atoms with van der Waals surface area (Å²) in [5.74, 6) is 0.875. The third kappa shape index (κ3) is 2.65. The molecule has 0 spiro atoms. The molecule has 2 heterocycles. The molecule has 24 heavy (non-hydrogen) atoms. The lowest BCUT2D eigenvalue weighted by Crippen LogP contribution is -1.94. The highest BCUT2D eigenvalue weighted by molar-refractivity contribution is 6.31. The third-order valence-corrected chi connectivity index (χ3v) is 3.96. The molecule has 2 aromatic heterocycles. The molecule has 0 aliphatic rings. The first-order chi connectivity index (χ1) is 11.6. The molecular formula is C17H11ClFN3O2. The Hall–Kier alpha value is -2.73. The maximum Gasteiger partial charge on any atom is 0.231 e. The zero-order valence-electron chi connectivity index (χ0n) is 12.6. The normalized spacial score (nSPS) is 11.3. The fourth-order valence-electron chi connectivity index (χ4n) is 2.48. The van der Waals surface area contributed by atoms with Crippen molar-refractivity contribution in [1.82, 2.24) is 15.1 Å². The van der Waals surface area contributed by atoms with Gasteiger partial charge in [-0.15, -0.1) is 0 Å². The predicted octanol–water partition coefficient (Wildman–Crippen LogP) is 4.57. The molecule has 2 aromatic carbocycles. The lowest BCUT2D eigenvalue weighted by molar-refractivity contribution is 0.384. The Morgan fingerprint density at radius 3 is 2.88 bits per heavy atom. The number of aromatic nitrogens is 3. The van der Waals surface area contributed by atoms with Gasteiger partial charge in [0.15, 0.2) is 11.5 Å². The van der Waals surface area contributed by atoms with E-state index >= 15 is 0 Å². The van der Waals surface area contributed by atoms with E-state index < -0.39 is 5.82 Å². The average Bonchev–Trinajstić information content (AvgIpc) is 3.15. The Balaban J connectivity index is 1.66. The number of aryl methyl sites for hydroxylation is 1. The van der Waals surface area contributed by atoms with Gasteiger partial charge in [0.1, 0.15) is 11.3 Å². The van der Waals surface area contributed by atoms with Crippen molar-refractivity contribution < 1.29 is 13.3 Å². The molecule has 0 radical (unpaired) electrons. The van der Waals surface area contributed by atoms with Crippen molar-refractivity contribution in [2.24, 2.45) is 0 Å². The van der Waals surface area contributed by atoms with Gasteiger partial charge >= 0.3 is 0 Å². The molecule has 4 aromatic rings. The highest BCUT2D eigenvalue weighted by atomic mass is 35.5. The molecule has 0 N–H and O–H groups in total. The Morgan fingerprint density at radius 2 is 2.04 bits per heavy atom. The van der Waals surface area contributed by atoms with Crippen molar-refractivity contribution in [2.75, 3.05) is 0 Å². The van der Waals surface area contributed by atoms with E-state index in [0.29, 0.717) is 33.4 Å². The summed E-state index contributed by atoms with van der Waals surface area (Å²) in [5.41, 5.74) is 2.48. The van der Waals surface area contributed by atoms with E-state index in [4.69, 9.17) is 20.5 Å². The summed E-state index contributed by atoms with van der Waals surface area (Å²) < 4.78 is 24.5. The van der Waals surface area contributed by atoms with E-state index in [2.05, 4.69) is 15.1 Å². The van der Waals surface area contributed by atoms with E-state index in [1.165, 1.54) is 6.07 Å². The van der Waals surface area contributed by atoms with E-state index in [0.717, 1.165) is 5.56 Å². The van der Waals surface area contributed by atoms with Crippen LogP contribution < -0.4 is 0 Å². The summed E-state index contributed by atoms with van der Waals surface area (Å²) in [7, 11) is 0. The minimum Gasteiger partial charge on any atom is -0.441 e. The monoisotopic (exact) mass is 343 g/mol. The zero-order valence-corrected chi connectivity index (χ0v) is 13.3. The van der Waals surface area contributed by atoms with Gasteiger partial charge in [-0.25, -0.2) is 9.37 Å². The van der Waals surface area contributed by atoms with Crippen LogP contribution in [0.5, 0.6) is 0 Å². The Kier molecular flexibility index (Phi) is 3.54. The average molecular weight is 344 g/mol. The minimum atomic E-state index is -0.401. The Bertz CT molecular complexity index is 1020. The number of nitrogens with zero attached hydrogens (tertiary/aromatic N) is 3. The van der Waals surface area contributed by atoms with Gasteiger partial charge in [0, 0.05) is 23.1 Å². The number of hydrogen-bond acceptors (Lipinski definition) is 5. The number of oxazole rings is 1. The molecule has 120 valence electrons. The van der Waals surface area contributed by atoms with E-state index in [1.54, 1.807) is 25.1 Å². The predicted molar refractivity (Wildman–Crippen MR) is 86.3 cm³/mol. The lowest BCUT2D eigenvalue weighted by Gasteiger charge is -2.01. The molecule has 0 saturated heterocycles. The van der Waals surface area contributed by atoms with E-state index in [-0.39, 0.29) is 12.3 Å². The van der Waals surface area contributed by atoms with Gasteiger partial charge in [0.2, 0.25) is 11.7 Å². The lowest BCUT2D eigenvalue weighted by atomic mass is 10.1.